The molecule has 0 radical (unpaired) electrons. The zero-order valence-electron chi connectivity index (χ0n) is 10.5. The average Bonchev–Trinajstić information content (AvgIpc) is 2.35. The van der Waals surface area contributed by atoms with Crippen molar-refractivity contribution in [2.75, 3.05) is 19.7 Å². The number of morpholine rings is 1. The van der Waals surface area contributed by atoms with E-state index in [2.05, 4.69) is 11.8 Å². The Kier molecular flexibility index (Phi) is 4.62. The van der Waals surface area contributed by atoms with E-state index in [1.807, 2.05) is 0 Å². The molecule has 1 aliphatic heterocycles. The number of hydrogen-bond donors (Lipinski definition) is 1. The van der Waals surface area contributed by atoms with Gasteiger partial charge in [-0.25, -0.2) is 0 Å². The summed E-state index contributed by atoms with van der Waals surface area (Å²) in [6, 6.07) is 1.07. The first-order chi connectivity index (χ1) is 7.81. The first-order valence-electron chi connectivity index (χ1n) is 6.92. The second kappa shape index (κ2) is 5.99. The van der Waals surface area contributed by atoms with Crippen LogP contribution in [0.3, 0.4) is 0 Å². The van der Waals surface area contributed by atoms with Gasteiger partial charge in [0, 0.05) is 25.2 Å². The summed E-state index contributed by atoms with van der Waals surface area (Å²) >= 11 is 0. The van der Waals surface area contributed by atoms with E-state index in [0.29, 0.717) is 18.2 Å². The minimum absolute atomic E-state index is 0.380. The molecule has 0 amide bonds. The zero-order chi connectivity index (χ0) is 11.4. The highest BCUT2D eigenvalue weighted by Gasteiger charge is 2.33. The van der Waals surface area contributed by atoms with Crippen molar-refractivity contribution in [3.63, 3.8) is 0 Å². The maximum absolute atomic E-state index is 6.00. The minimum Gasteiger partial charge on any atom is -0.375 e. The van der Waals surface area contributed by atoms with Crippen molar-refractivity contribution in [1.82, 2.24) is 4.90 Å². The molecule has 3 unspecified atom stereocenters. The summed E-state index contributed by atoms with van der Waals surface area (Å²) in [5, 5.41) is 0. The molecule has 0 aromatic heterocycles. The van der Waals surface area contributed by atoms with Gasteiger partial charge in [0.2, 0.25) is 0 Å². The van der Waals surface area contributed by atoms with Crippen LogP contribution >= 0.6 is 0 Å². The summed E-state index contributed by atoms with van der Waals surface area (Å²) in [6.45, 7) is 5.37. The van der Waals surface area contributed by atoms with E-state index in [-0.39, 0.29) is 0 Å². The highest BCUT2D eigenvalue weighted by molar-refractivity contribution is 4.87. The third-order valence-corrected chi connectivity index (χ3v) is 4.16. The molecule has 94 valence electrons. The summed E-state index contributed by atoms with van der Waals surface area (Å²) < 4.78 is 5.87. The number of fused-ring (bicyclic) bond motifs is 1. The molecule has 3 nitrogen and oxygen atoms in total. The van der Waals surface area contributed by atoms with Crippen LogP contribution in [0.5, 0.6) is 0 Å². The number of hydrogen-bond acceptors (Lipinski definition) is 3. The Hall–Kier alpha value is -0.120. The van der Waals surface area contributed by atoms with Gasteiger partial charge in [-0.3, -0.25) is 4.90 Å². The lowest BCUT2D eigenvalue weighted by atomic mass is 9.90. The zero-order valence-corrected chi connectivity index (χ0v) is 10.5. The van der Waals surface area contributed by atoms with Crippen molar-refractivity contribution in [2.45, 2.75) is 63.6 Å². The molecule has 0 aromatic carbocycles. The van der Waals surface area contributed by atoms with Gasteiger partial charge in [-0.15, -0.1) is 0 Å². The third kappa shape index (κ3) is 2.96. The largest absolute Gasteiger partial charge is 0.375 e. The Labute approximate surface area is 99.3 Å². The topological polar surface area (TPSA) is 38.5 Å². The molecular formula is C13H26N2O. The van der Waals surface area contributed by atoms with Gasteiger partial charge in [0.1, 0.15) is 0 Å². The summed E-state index contributed by atoms with van der Waals surface area (Å²) in [4.78, 5) is 2.63. The van der Waals surface area contributed by atoms with Crippen LogP contribution in [0.15, 0.2) is 0 Å². The Morgan fingerprint density at radius 3 is 3.00 bits per heavy atom. The van der Waals surface area contributed by atoms with Crippen LogP contribution in [-0.2, 0) is 4.74 Å². The van der Waals surface area contributed by atoms with Crippen LogP contribution in [0.1, 0.15) is 45.4 Å². The number of rotatable bonds is 4. The third-order valence-electron chi connectivity index (χ3n) is 4.16. The van der Waals surface area contributed by atoms with Gasteiger partial charge >= 0.3 is 0 Å². The Morgan fingerprint density at radius 1 is 1.38 bits per heavy atom. The molecule has 0 bridgehead atoms. The van der Waals surface area contributed by atoms with E-state index in [4.69, 9.17) is 10.5 Å². The number of nitrogens with zero attached hydrogens (tertiary/aromatic N) is 1. The van der Waals surface area contributed by atoms with Gasteiger partial charge in [-0.1, -0.05) is 19.8 Å². The Balaban J connectivity index is 1.82. The second-order valence-electron chi connectivity index (χ2n) is 5.25. The van der Waals surface area contributed by atoms with E-state index >= 15 is 0 Å². The minimum atomic E-state index is 0.380. The lowest BCUT2D eigenvalue weighted by molar-refractivity contribution is -0.0885. The van der Waals surface area contributed by atoms with Crippen LogP contribution in [0.25, 0.3) is 0 Å². The van der Waals surface area contributed by atoms with E-state index in [0.717, 1.165) is 26.0 Å². The molecule has 1 saturated heterocycles. The van der Waals surface area contributed by atoms with Crippen LogP contribution in [0.4, 0.5) is 0 Å². The van der Waals surface area contributed by atoms with Crippen molar-refractivity contribution in [3.05, 3.63) is 0 Å². The lowest BCUT2D eigenvalue weighted by Gasteiger charge is -2.44. The monoisotopic (exact) mass is 226 g/mol. The van der Waals surface area contributed by atoms with E-state index in [9.17, 15) is 0 Å². The first-order valence-corrected chi connectivity index (χ1v) is 6.92. The van der Waals surface area contributed by atoms with Crippen molar-refractivity contribution in [3.8, 4) is 0 Å². The molecule has 2 N–H and O–H groups in total. The van der Waals surface area contributed by atoms with E-state index in [1.54, 1.807) is 0 Å². The number of ether oxygens (including phenoxy) is 1. The number of nitrogens with two attached hydrogens (primary N) is 1. The van der Waals surface area contributed by atoms with Gasteiger partial charge in [0.05, 0.1) is 12.7 Å². The van der Waals surface area contributed by atoms with Gasteiger partial charge in [0.15, 0.2) is 0 Å². The van der Waals surface area contributed by atoms with Crippen molar-refractivity contribution >= 4 is 0 Å². The van der Waals surface area contributed by atoms with Crippen molar-refractivity contribution < 1.29 is 4.74 Å². The predicted molar refractivity (Wildman–Crippen MR) is 66.5 cm³/mol. The molecule has 0 spiro atoms. The molecule has 3 atom stereocenters. The quantitative estimate of drug-likeness (QED) is 0.794. The molecule has 1 heterocycles. The summed E-state index contributed by atoms with van der Waals surface area (Å²) in [6.07, 6.45) is 8.07. The van der Waals surface area contributed by atoms with Gasteiger partial charge in [-0.05, 0) is 25.7 Å². The standard InChI is InChI=1S/C13H26N2O/c1-2-11(14)7-8-15-9-10-16-13-6-4-3-5-12(13)15/h11-13H,2-10,14H2,1H3. The van der Waals surface area contributed by atoms with Gasteiger partial charge < -0.3 is 10.5 Å². The van der Waals surface area contributed by atoms with Crippen LogP contribution in [0.2, 0.25) is 0 Å². The van der Waals surface area contributed by atoms with Crippen LogP contribution in [0, 0.1) is 0 Å². The molecule has 3 heteroatoms. The highest BCUT2D eigenvalue weighted by atomic mass is 16.5. The molecule has 1 aliphatic carbocycles. The van der Waals surface area contributed by atoms with Gasteiger partial charge in [0.25, 0.3) is 0 Å². The molecule has 2 rings (SSSR count). The maximum Gasteiger partial charge on any atom is 0.0730 e. The molecule has 2 fully saturated rings. The average molecular weight is 226 g/mol. The van der Waals surface area contributed by atoms with Crippen molar-refractivity contribution in [1.29, 1.82) is 0 Å². The Bertz CT molecular complexity index is 208. The second-order valence-corrected chi connectivity index (χ2v) is 5.25. The normalized spacial score (nSPS) is 33.4. The van der Waals surface area contributed by atoms with E-state index < -0.39 is 0 Å². The molecular weight excluding hydrogens is 200 g/mol. The fourth-order valence-electron chi connectivity index (χ4n) is 2.99. The van der Waals surface area contributed by atoms with Crippen LogP contribution in [-0.4, -0.2) is 42.8 Å². The summed E-state index contributed by atoms with van der Waals surface area (Å²) in [5.74, 6) is 0. The van der Waals surface area contributed by atoms with Gasteiger partial charge in [-0.2, -0.15) is 0 Å². The van der Waals surface area contributed by atoms with Crippen LogP contribution < -0.4 is 5.73 Å². The van der Waals surface area contributed by atoms with E-state index in [1.165, 1.54) is 32.2 Å². The summed E-state index contributed by atoms with van der Waals surface area (Å²) in [7, 11) is 0. The molecule has 1 saturated carbocycles. The smallest absolute Gasteiger partial charge is 0.0730 e. The molecule has 0 aromatic rings. The highest BCUT2D eigenvalue weighted by Crippen LogP contribution is 2.28. The molecule has 16 heavy (non-hydrogen) atoms. The fourth-order valence-corrected chi connectivity index (χ4v) is 2.99. The lowest BCUT2D eigenvalue weighted by Crippen LogP contribution is -2.53. The Morgan fingerprint density at radius 2 is 2.19 bits per heavy atom. The molecule has 2 aliphatic rings. The first kappa shape index (κ1) is 12.3. The predicted octanol–water partition coefficient (Wildman–Crippen LogP) is 1.76. The maximum atomic E-state index is 6.00. The SMILES string of the molecule is CCC(N)CCN1CCOC2CCCCC21. The summed E-state index contributed by atoms with van der Waals surface area (Å²) in [5.41, 5.74) is 6.00. The fraction of sp³-hybridized carbons (Fsp3) is 1.00. The van der Waals surface area contributed by atoms with Crippen molar-refractivity contribution in [2.24, 2.45) is 5.73 Å².